The zero-order valence-corrected chi connectivity index (χ0v) is 46.4. The van der Waals surface area contributed by atoms with E-state index in [0.29, 0.717) is 23.2 Å². The van der Waals surface area contributed by atoms with Crippen LogP contribution in [0.4, 0.5) is 0 Å². The number of carboxylic acid groups (broad SMARTS) is 1. The summed E-state index contributed by atoms with van der Waals surface area (Å²) in [6.45, 7) is 3.43. The number of aliphatic hydroxyl groups excluding tert-OH is 1. The largest absolute Gasteiger partial charge is 0.508 e. The summed E-state index contributed by atoms with van der Waals surface area (Å²) in [5, 5.41) is 51.0. The number of aliphatic carboxylic acids is 1. The molecule has 2 aromatic heterocycles. The maximum absolute atomic E-state index is 14.4. The summed E-state index contributed by atoms with van der Waals surface area (Å²) in [6, 6.07) is 1.97. The van der Waals surface area contributed by atoms with Gasteiger partial charge in [-0.3, -0.25) is 52.9 Å². The van der Waals surface area contributed by atoms with Crippen LogP contribution in [0.1, 0.15) is 76.1 Å². The van der Waals surface area contributed by atoms with Crippen molar-refractivity contribution in [1.29, 1.82) is 0 Å². The summed E-state index contributed by atoms with van der Waals surface area (Å²) in [4.78, 5) is 151. The number of imidazole rings is 1. The van der Waals surface area contributed by atoms with Crippen LogP contribution in [-0.4, -0.2) is 181 Å². The summed E-state index contributed by atoms with van der Waals surface area (Å²) < 4.78 is 0. The van der Waals surface area contributed by atoms with Crippen LogP contribution in [0.15, 0.2) is 72.2 Å². The molecule has 29 nitrogen and oxygen atoms in total. The molecule has 4 aromatic rings. The number of aromatic nitrogens is 3. The smallest absolute Gasteiger partial charge is 0.322 e. The number of nitrogens with one attached hydrogen (secondary N) is 10. The van der Waals surface area contributed by atoms with Crippen LogP contribution in [0.5, 0.6) is 5.75 Å². The van der Waals surface area contributed by atoms with Crippen molar-refractivity contribution in [3.8, 4) is 5.75 Å². The van der Waals surface area contributed by atoms with Gasteiger partial charge in [-0.2, -0.15) is 0 Å². The van der Waals surface area contributed by atoms with Gasteiger partial charge >= 0.3 is 5.97 Å². The fourth-order valence-electron chi connectivity index (χ4n) is 9.24. The quantitative estimate of drug-likeness (QED) is 0.0129. The lowest BCUT2D eigenvalue weighted by Crippen LogP contribution is -2.61. The Hall–Kier alpha value is -9.12. The summed E-state index contributed by atoms with van der Waals surface area (Å²) in [5.74, 6) is -8.97. The van der Waals surface area contributed by atoms with Gasteiger partial charge in [0, 0.05) is 74.3 Å². The normalized spacial score (nSPS) is 15.5. The Morgan fingerprint density at radius 1 is 0.747 bits per heavy atom. The Kier molecular flexibility index (Phi) is 24.8. The van der Waals surface area contributed by atoms with Gasteiger partial charge in [0.2, 0.25) is 53.2 Å². The van der Waals surface area contributed by atoms with Crippen molar-refractivity contribution in [2.45, 2.75) is 127 Å². The van der Waals surface area contributed by atoms with Gasteiger partial charge in [0.25, 0.3) is 0 Å². The molecule has 0 bridgehead atoms. The van der Waals surface area contributed by atoms with Crippen molar-refractivity contribution in [3.05, 3.63) is 84.1 Å². The third-order valence-electron chi connectivity index (χ3n) is 13.5. The van der Waals surface area contributed by atoms with Gasteiger partial charge in [-0.05, 0) is 74.3 Å². The predicted octanol–water partition coefficient (Wildman–Crippen LogP) is -3.33. The minimum atomic E-state index is -1.74. The number of H-pyrrole nitrogens is 2. The molecule has 1 fully saturated rings. The number of benzene rings is 2. The SMILES string of the molecule is CC(C)C[C@H](NC(=O)[C@@H](C)NC(=O)[C@H](Cc1ccc(O)cc1)NC(=O)[C@H](CO)NC(=O)[C@H](Cc1c[nH]c2ccccc12)NC(=O)[C@H](Cc1cnc[nH]1)NC(=O)CCN)C(=O)N[C@@H](CCCN=C(N)N)C(=O)N1CCC[C@H]1C(=O)NCC(=O)O. The Morgan fingerprint density at radius 3 is 2.00 bits per heavy atom. The van der Waals surface area contributed by atoms with E-state index in [1.165, 1.54) is 48.6 Å². The summed E-state index contributed by atoms with van der Waals surface area (Å²) in [5.41, 5.74) is 18.8. The van der Waals surface area contributed by atoms with Crippen LogP contribution in [0.2, 0.25) is 0 Å². The highest BCUT2D eigenvalue weighted by Gasteiger charge is 2.39. The fourth-order valence-corrected chi connectivity index (χ4v) is 9.24. The molecular weight excluding hydrogens is 1080 g/mol. The Balaban J connectivity index is 1.33. The summed E-state index contributed by atoms with van der Waals surface area (Å²) in [7, 11) is 0. The number of carboxylic acids is 1. The lowest BCUT2D eigenvalue weighted by Gasteiger charge is -2.30. The molecule has 19 N–H and O–H groups in total. The number of amides is 9. The van der Waals surface area contributed by atoms with Crippen molar-refractivity contribution in [2.75, 3.05) is 32.8 Å². The molecule has 0 unspecified atom stereocenters. The highest BCUT2D eigenvalue weighted by Crippen LogP contribution is 2.22. The number of nitrogens with zero attached hydrogens (tertiary/aromatic N) is 3. The number of aliphatic hydroxyl groups is 1. The van der Waals surface area contributed by atoms with Crippen molar-refractivity contribution in [2.24, 2.45) is 28.1 Å². The molecular formula is C54H76N16O13. The van der Waals surface area contributed by atoms with Gasteiger partial charge in [-0.15, -0.1) is 0 Å². The standard InChI is InChI=1S/C54H76N16O13/c1-29(2)20-38(48(78)65-37(10-6-18-59-54(56)57)53(83)70-19-7-11-43(70)52(82)61-26-45(74)75)66-46(76)30(3)63-47(77)39(21-31-12-14-34(72)15-13-31)67-51(81)42(27-71)69-49(79)40(22-32-24-60-36-9-5-4-8-35(32)36)68-50(80)41(64-44(73)16-17-55)23-33-25-58-28-62-33/h4-5,8-9,12-15,24-25,28-30,37-43,60,71-72H,6-7,10-11,16-23,26-27,55H2,1-3H3,(H,58,62)(H,61,82)(H,63,77)(H,64,73)(H,65,78)(H,66,76)(H,67,81)(H,68,80)(H,69,79)(H,74,75)(H4,56,57,59)/t30-,37+,38+,39+,40+,41+,42+,43+/m1/s1. The lowest BCUT2D eigenvalue weighted by atomic mass is 10.0. The number of aromatic amines is 2. The number of aromatic hydroxyl groups is 1. The third kappa shape index (κ3) is 20.1. The predicted molar refractivity (Wildman–Crippen MR) is 301 cm³/mol. The van der Waals surface area contributed by atoms with Crippen LogP contribution in [0, 0.1) is 5.92 Å². The average molecular weight is 1160 g/mol. The number of rotatable bonds is 32. The van der Waals surface area contributed by atoms with E-state index in [9.17, 15) is 58.2 Å². The number of hydrogen-bond donors (Lipinski definition) is 16. The molecule has 9 amide bonds. The number of nitrogens with two attached hydrogens (primary N) is 3. The third-order valence-corrected chi connectivity index (χ3v) is 13.5. The second-order valence-electron chi connectivity index (χ2n) is 20.5. The van der Waals surface area contributed by atoms with Gasteiger partial charge < -0.3 is 89.9 Å². The molecule has 83 heavy (non-hydrogen) atoms. The van der Waals surface area contributed by atoms with E-state index < -0.39 is 121 Å². The molecule has 0 spiro atoms. The van der Waals surface area contributed by atoms with E-state index in [-0.39, 0.29) is 88.6 Å². The molecule has 450 valence electrons. The van der Waals surface area contributed by atoms with Crippen LogP contribution in [0.25, 0.3) is 10.9 Å². The van der Waals surface area contributed by atoms with E-state index in [4.69, 9.17) is 22.3 Å². The van der Waals surface area contributed by atoms with Crippen molar-refractivity contribution in [1.82, 2.24) is 62.4 Å². The molecule has 29 heteroatoms. The monoisotopic (exact) mass is 1160 g/mol. The maximum Gasteiger partial charge on any atom is 0.322 e. The maximum atomic E-state index is 14.4. The number of carbonyl (C=O) groups is 10. The van der Waals surface area contributed by atoms with Gasteiger partial charge in [-0.25, -0.2) is 4.98 Å². The highest BCUT2D eigenvalue weighted by atomic mass is 16.4. The molecule has 1 aliphatic heterocycles. The topological polar surface area (TPSA) is 466 Å². The van der Waals surface area contributed by atoms with Crippen LogP contribution in [-0.2, 0) is 67.2 Å². The molecule has 1 aliphatic rings. The molecule has 3 heterocycles. The minimum absolute atomic E-state index is 0.00218. The Labute approximate surface area is 477 Å². The molecule has 0 aliphatic carbocycles. The van der Waals surface area contributed by atoms with Crippen LogP contribution in [0.3, 0.4) is 0 Å². The Bertz CT molecular complexity index is 2910. The molecule has 1 saturated heterocycles. The Morgan fingerprint density at radius 2 is 1.36 bits per heavy atom. The van der Waals surface area contributed by atoms with Gasteiger partial charge in [0.1, 0.15) is 60.6 Å². The highest BCUT2D eigenvalue weighted by molar-refractivity contribution is 5.99. The number of aliphatic imine (C=N–C) groups is 1. The number of phenols is 1. The fraction of sp³-hybridized carbons (Fsp3) is 0.481. The van der Waals surface area contributed by atoms with Crippen LogP contribution < -0.4 is 59.7 Å². The first kappa shape index (κ1) is 64.7. The van der Waals surface area contributed by atoms with Crippen molar-refractivity contribution >= 4 is 76.0 Å². The van der Waals surface area contributed by atoms with E-state index in [0.717, 1.165) is 10.9 Å². The lowest BCUT2D eigenvalue weighted by molar-refractivity contribution is -0.143. The first-order chi connectivity index (χ1) is 39.6. The van der Waals surface area contributed by atoms with Crippen LogP contribution >= 0.6 is 0 Å². The summed E-state index contributed by atoms with van der Waals surface area (Å²) >= 11 is 0. The van der Waals surface area contributed by atoms with Gasteiger partial charge in [-0.1, -0.05) is 44.2 Å². The first-order valence-electron chi connectivity index (χ1n) is 27.1. The van der Waals surface area contributed by atoms with Crippen molar-refractivity contribution in [3.63, 3.8) is 0 Å². The molecule has 2 aromatic carbocycles. The molecule has 8 atom stereocenters. The number of para-hydroxylation sites is 1. The molecule has 0 radical (unpaired) electrons. The number of carbonyl (C=O) groups excluding carboxylic acids is 9. The zero-order chi connectivity index (χ0) is 60.8. The second kappa shape index (κ2) is 31.8. The van der Waals surface area contributed by atoms with E-state index >= 15 is 0 Å². The van der Waals surface area contributed by atoms with Gasteiger partial charge in [0.15, 0.2) is 5.96 Å². The summed E-state index contributed by atoms with van der Waals surface area (Å²) in [6.07, 6.45) is 4.86. The number of fused-ring (bicyclic) bond motifs is 1. The van der Waals surface area contributed by atoms with Crippen molar-refractivity contribution < 1.29 is 63.3 Å². The molecule has 0 saturated carbocycles. The van der Waals surface area contributed by atoms with Gasteiger partial charge in [0.05, 0.1) is 12.9 Å². The van der Waals surface area contributed by atoms with E-state index in [1.54, 1.807) is 38.2 Å². The number of hydrogen-bond acceptors (Lipinski definition) is 15. The zero-order valence-electron chi connectivity index (χ0n) is 46.4. The van der Waals surface area contributed by atoms with E-state index in [2.05, 4.69) is 62.5 Å². The number of guanidine groups is 1. The minimum Gasteiger partial charge on any atom is -0.508 e. The first-order valence-corrected chi connectivity index (χ1v) is 27.1. The van der Waals surface area contributed by atoms with E-state index in [1.807, 2.05) is 6.07 Å². The molecule has 5 rings (SSSR count). The second-order valence-corrected chi connectivity index (χ2v) is 20.5. The average Bonchev–Trinajstić information content (AvgIpc) is 4.47. The number of likely N-dealkylation sites (tertiary alicyclic amines) is 1. The number of phenolic OH excluding ortho intramolecular Hbond substituents is 1.